The molecular weight excluding hydrogens is 316 g/mol. The minimum atomic E-state index is -0.272. The van der Waals surface area contributed by atoms with Gasteiger partial charge >= 0.3 is 0 Å². The normalized spacial score (nSPS) is 10.5. The average Bonchev–Trinajstić information content (AvgIpc) is 3.09. The molecule has 0 atom stereocenters. The fourth-order valence-corrected chi connectivity index (χ4v) is 2.54. The standard InChI is InChI=1S/C19H20N4O2/c1-12-6-4-7-13(2)17(12)23-19-21-14(3)10-16(22-19)18(24)20-11-15-8-5-9-25-15/h4-10H,11H2,1-3H3,(H,20,24)(H,21,22,23). The Morgan fingerprint density at radius 3 is 2.52 bits per heavy atom. The Labute approximate surface area is 146 Å². The number of carbonyl (C=O) groups excluding carboxylic acids is 1. The van der Waals surface area contributed by atoms with E-state index in [0.29, 0.717) is 29.6 Å². The fraction of sp³-hybridized carbons (Fsp3) is 0.211. The highest BCUT2D eigenvalue weighted by Crippen LogP contribution is 2.22. The molecule has 128 valence electrons. The summed E-state index contributed by atoms with van der Waals surface area (Å²) in [5, 5.41) is 6.02. The third-order valence-corrected chi connectivity index (χ3v) is 3.81. The van der Waals surface area contributed by atoms with E-state index >= 15 is 0 Å². The van der Waals surface area contributed by atoms with Gasteiger partial charge in [0.15, 0.2) is 0 Å². The van der Waals surface area contributed by atoms with Crippen LogP contribution in [0.3, 0.4) is 0 Å². The molecule has 0 saturated carbocycles. The first-order chi connectivity index (χ1) is 12.0. The number of para-hydroxylation sites is 1. The van der Waals surface area contributed by atoms with E-state index in [0.717, 1.165) is 16.8 Å². The van der Waals surface area contributed by atoms with Gasteiger partial charge in [0, 0.05) is 11.4 Å². The van der Waals surface area contributed by atoms with Crippen LogP contribution in [0.25, 0.3) is 0 Å². The molecule has 0 saturated heterocycles. The number of carbonyl (C=O) groups is 1. The van der Waals surface area contributed by atoms with Gasteiger partial charge < -0.3 is 15.1 Å². The van der Waals surface area contributed by atoms with E-state index in [1.807, 2.05) is 39.0 Å². The molecule has 3 rings (SSSR count). The zero-order valence-corrected chi connectivity index (χ0v) is 14.5. The highest BCUT2D eigenvalue weighted by molar-refractivity contribution is 5.92. The lowest BCUT2D eigenvalue weighted by Gasteiger charge is -2.12. The smallest absolute Gasteiger partial charge is 0.270 e. The molecule has 1 amide bonds. The van der Waals surface area contributed by atoms with Crippen molar-refractivity contribution in [2.24, 2.45) is 0 Å². The van der Waals surface area contributed by atoms with E-state index < -0.39 is 0 Å². The van der Waals surface area contributed by atoms with Crippen LogP contribution < -0.4 is 10.6 Å². The Morgan fingerprint density at radius 1 is 1.08 bits per heavy atom. The molecule has 2 heterocycles. The van der Waals surface area contributed by atoms with Gasteiger partial charge in [-0.3, -0.25) is 4.79 Å². The van der Waals surface area contributed by atoms with E-state index in [-0.39, 0.29) is 5.91 Å². The summed E-state index contributed by atoms with van der Waals surface area (Å²) in [6.07, 6.45) is 1.57. The summed E-state index contributed by atoms with van der Waals surface area (Å²) in [5.74, 6) is 0.819. The monoisotopic (exact) mass is 336 g/mol. The zero-order chi connectivity index (χ0) is 17.8. The van der Waals surface area contributed by atoms with Crippen molar-refractivity contribution in [3.8, 4) is 0 Å². The summed E-state index contributed by atoms with van der Waals surface area (Å²) in [6.45, 7) is 6.18. The van der Waals surface area contributed by atoms with Gasteiger partial charge in [-0.25, -0.2) is 9.97 Å². The molecule has 0 radical (unpaired) electrons. The molecule has 2 N–H and O–H groups in total. The highest BCUT2D eigenvalue weighted by atomic mass is 16.3. The first kappa shape index (κ1) is 16.7. The quantitative estimate of drug-likeness (QED) is 0.743. The summed E-state index contributed by atoms with van der Waals surface area (Å²) >= 11 is 0. The Kier molecular flexibility index (Phi) is 4.79. The number of nitrogens with zero attached hydrogens (tertiary/aromatic N) is 2. The van der Waals surface area contributed by atoms with Gasteiger partial charge in [0.1, 0.15) is 11.5 Å². The highest BCUT2D eigenvalue weighted by Gasteiger charge is 2.12. The third kappa shape index (κ3) is 4.03. The Morgan fingerprint density at radius 2 is 1.84 bits per heavy atom. The van der Waals surface area contributed by atoms with Crippen LogP contribution in [-0.4, -0.2) is 15.9 Å². The second-order valence-electron chi connectivity index (χ2n) is 5.87. The van der Waals surface area contributed by atoms with Gasteiger partial charge in [-0.15, -0.1) is 0 Å². The maximum atomic E-state index is 12.4. The minimum absolute atomic E-state index is 0.272. The second kappa shape index (κ2) is 7.17. The number of amides is 1. The first-order valence-corrected chi connectivity index (χ1v) is 8.02. The summed E-state index contributed by atoms with van der Waals surface area (Å²) in [6, 6.07) is 11.3. The maximum Gasteiger partial charge on any atom is 0.270 e. The van der Waals surface area contributed by atoms with Crippen molar-refractivity contribution in [1.29, 1.82) is 0 Å². The number of benzene rings is 1. The molecule has 0 aliphatic carbocycles. The van der Waals surface area contributed by atoms with Gasteiger partial charge in [-0.05, 0) is 50.1 Å². The van der Waals surface area contributed by atoms with Crippen molar-refractivity contribution in [1.82, 2.24) is 15.3 Å². The zero-order valence-electron chi connectivity index (χ0n) is 14.5. The summed E-state index contributed by atoms with van der Waals surface area (Å²) < 4.78 is 5.21. The number of furan rings is 1. The number of aromatic nitrogens is 2. The van der Waals surface area contributed by atoms with Crippen molar-refractivity contribution in [3.05, 3.63) is 70.9 Å². The van der Waals surface area contributed by atoms with Crippen LogP contribution in [0.15, 0.2) is 47.1 Å². The molecule has 0 aliphatic rings. The number of nitrogens with one attached hydrogen (secondary N) is 2. The van der Waals surface area contributed by atoms with E-state index in [1.54, 1.807) is 24.5 Å². The maximum absolute atomic E-state index is 12.4. The molecule has 1 aromatic carbocycles. The van der Waals surface area contributed by atoms with Gasteiger partial charge in [0.25, 0.3) is 5.91 Å². The Hall–Kier alpha value is -3.15. The van der Waals surface area contributed by atoms with Crippen LogP contribution in [0.4, 0.5) is 11.6 Å². The van der Waals surface area contributed by atoms with E-state index in [2.05, 4.69) is 20.6 Å². The Bertz CT molecular complexity index is 868. The van der Waals surface area contributed by atoms with E-state index in [1.165, 1.54) is 0 Å². The lowest BCUT2D eigenvalue weighted by Crippen LogP contribution is -2.24. The summed E-state index contributed by atoms with van der Waals surface area (Å²) in [5.41, 5.74) is 4.16. The molecular formula is C19H20N4O2. The van der Waals surface area contributed by atoms with Crippen molar-refractivity contribution < 1.29 is 9.21 Å². The van der Waals surface area contributed by atoms with Crippen LogP contribution in [0.1, 0.15) is 33.1 Å². The minimum Gasteiger partial charge on any atom is -0.467 e. The number of aryl methyl sites for hydroxylation is 3. The number of rotatable bonds is 5. The molecule has 0 aliphatic heterocycles. The molecule has 0 fully saturated rings. The van der Waals surface area contributed by atoms with Crippen molar-refractivity contribution in [2.45, 2.75) is 27.3 Å². The predicted molar refractivity (Wildman–Crippen MR) is 95.8 cm³/mol. The largest absolute Gasteiger partial charge is 0.467 e. The number of anilines is 2. The van der Waals surface area contributed by atoms with E-state index in [4.69, 9.17) is 4.42 Å². The molecule has 0 unspecified atom stereocenters. The lowest BCUT2D eigenvalue weighted by molar-refractivity contribution is 0.0943. The SMILES string of the molecule is Cc1cc(C(=O)NCc2ccco2)nc(Nc2c(C)cccc2C)n1. The first-order valence-electron chi connectivity index (χ1n) is 8.02. The van der Waals surface area contributed by atoms with Crippen LogP contribution in [-0.2, 0) is 6.54 Å². The predicted octanol–water partition coefficient (Wildman–Crippen LogP) is 3.67. The van der Waals surface area contributed by atoms with Crippen molar-refractivity contribution >= 4 is 17.5 Å². The second-order valence-corrected chi connectivity index (χ2v) is 5.87. The van der Waals surface area contributed by atoms with Gasteiger partial charge in [0.05, 0.1) is 12.8 Å². The molecule has 6 heteroatoms. The Balaban J connectivity index is 1.79. The fourth-order valence-electron chi connectivity index (χ4n) is 2.54. The number of hydrogen-bond acceptors (Lipinski definition) is 5. The summed E-state index contributed by atoms with van der Waals surface area (Å²) in [7, 11) is 0. The van der Waals surface area contributed by atoms with Crippen LogP contribution in [0.2, 0.25) is 0 Å². The molecule has 0 spiro atoms. The molecule has 25 heavy (non-hydrogen) atoms. The van der Waals surface area contributed by atoms with Crippen LogP contribution in [0, 0.1) is 20.8 Å². The van der Waals surface area contributed by atoms with Crippen molar-refractivity contribution in [3.63, 3.8) is 0 Å². The molecule has 0 bridgehead atoms. The molecule has 3 aromatic rings. The lowest BCUT2D eigenvalue weighted by atomic mass is 10.1. The number of hydrogen-bond donors (Lipinski definition) is 2. The van der Waals surface area contributed by atoms with E-state index in [9.17, 15) is 4.79 Å². The van der Waals surface area contributed by atoms with Crippen LogP contribution in [0.5, 0.6) is 0 Å². The molecule has 2 aromatic heterocycles. The van der Waals surface area contributed by atoms with Crippen molar-refractivity contribution in [2.75, 3.05) is 5.32 Å². The van der Waals surface area contributed by atoms with Gasteiger partial charge in [0.2, 0.25) is 5.95 Å². The van der Waals surface area contributed by atoms with Gasteiger partial charge in [-0.1, -0.05) is 18.2 Å². The summed E-state index contributed by atoms with van der Waals surface area (Å²) in [4.78, 5) is 21.1. The van der Waals surface area contributed by atoms with Gasteiger partial charge in [-0.2, -0.15) is 0 Å². The molecule has 6 nitrogen and oxygen atoms in total. The topological polar surface area (TPSA) is 80.0 Å². The van der Waals surface area contributed by atoms with Crippen LogP contribution >= 0.6 is 0 Å². The third-order valence-electron chi connectivity index (χ3n) is 3.81. The average molecular weight is 336 g/mol.